The molecule has 2 aromatic heterocycles. The van der Waals surface area contributed by atoms with Crippen molar-refractivity contribution in [3.8, 4) is 11.6 Å². The van der Waals surface area contributed by atoms with Gasteiger partial charge < -0.3 is 14.6 Å². The van der Waals surface area contributed by atoms with Crippen LogP contribution in [0.3, 0.4) is 0 Å². The maximum atomic E-state index is 13.4. The maximum Gasteiger partial charge on any atom is 0.418 e. The molecule has 0 radical (unpaired) electrons. The molecule has 1 N–H and O–H groups in total. The highest BCUT2D eigenvalue weighted by Crippen LogP contribution is 2.37. The van der Waals surface area contributed by atoms with E-state index in [1.54, 1.807) is 35.7 Å². The molecule has 3 rings (SSSR count). The van der Waals surface area contributed by atoms with E-state index in [0.29, 0.717) is 29.0 Å². The summed E-state index contributed by atoms with van der Waals surface area (Å²) in [4.78, 5) is 13.9. The Morgan fingerprint density at radius 2 is 2.03 bits per heavy atom. The smallest absolute Gasteiger partial charge is 0.418 e. The zero-order valence-corrected chi connectivity index (χ0v) is 17.3. The lowest BCUT2D eigenvalue weighted by Crippen LogP contribution is -2.19. The summed E-state index contributed by atoms with van der Waals surface area (Å²) in [6.45, 7) is 2.43. The molecular weight excluding hydrogens is 419 g/mol. The number of hydrogen-bond donors (Lipinski definition) is 1. The summed E-state index contributed by atoms with van der Waals surface area (Å²) >= 11 is 1.08. The van der Waals surface area contributed by atoms with Gasteiger partial charge in [-0.1, -0.05) is 11.8 Å². The highest BCUT2D eigenvalue weighted by atomic mass is 32.2. The van der Waals surface area contributed by atoms with Gasteiger partial charge in [0.2, 0.25) is 5.91 Å². The molecular formula is C19H20F3N5O2S. The minimum absolute atomic E-state index is 0.122. The standard InChI is InChI=1S/C19H20F3N5O2S/c1-4-27-17(15-6-5-9-29-15)24-25-18(27)30-11-16(28)23-14-8-7-12(26(2)3)10-13(14)19(20,21)22/h5-10H,4,11H2,1-3H3,(H,23,28). The molecule has 7 nitrogen and oxygen atoms in total. The van der Waals surface area contributed by atoms with Crippen LogP contribution in [-0.2, 0) is 17.5 Å². The second-order valence-electron chi connectivity index (χ2n) is 6.49. The molecule has 0 fully saturated rings. The van der Waals surface area contributed by atoms with Crippen molar-refractivity contribution in [2.45, 2.75) is 24.8 Å². The van der Waals surface area contributed by atoms with Gasteiger partial charge >= 0.3 is 6.18 Å². The Bertz CT molecular complexity index is 1020. The molecule has 0 saturated carbocycles. The van der Waals surface area contributed by atoms with E-state index in [2.05, 4.69) is 15.5 Å². The number of carbonyl (C=O) groups excluding carboxylic acids is 1. The molecule has 11 heteroatoms. The van der Waals surface area contributed by atoms with Crippen LogP contribution in [0.5, 0.6) is 0 Å². The van der Waals surface area contributed by atoms with Crippen LogP contribution in [0.25, 0.3) is 11.6 Å². The Kier molecular flexibility index (Phi) is 6.40. The minimum atomic E-state index is -4.60. The van der Waals surface area contributed by atoms with Crippen molar-refractivity contribution in [3.05, 3.63) is 42.2 Å². The number of alkyl halides is 3. The van der Waals surface area contributed by atoms with Crippen LogP contribution < -0.4 is 10.2 Å². The fraction of sp³-hybridized carbons (Fsp3) is 0.316. The molecule has 0 aliphatic carbocycles. The number of aromatic nitrogens is 3. The van der Waals surface area contributed by atoms with Crippen molar-refractivity contribution in [3.63, 3.8) is 0 Å². The van der Waals surface area contributed by atoms with Crippen LogP contribution in [0, 0.1) is 0 Å². The quantitative estimate of drug-likeness (QED) is 0.551. The van der Waals surface area contributed by atoms with Gasteiger partial charge in [-0.25, -0.2) is 0 Å². The Hall–Kier alpha value is -2.95. The van der Waals surface area contributed by atoms with Crippen molar-refractivity contribution < 1.29 is 22.4 Å². The molecule has 0 aliphatic heterocycles. The van der Waals surface area contributed by atoms with Crippen molar-refractivity contribution in [1.29, 1.82) is 0 Å². The second kappa shape index (κ2) is 8.82. The predicted molar refractivity (Wildman–Crippen MR) is 109 cm³/mol. The molecule has 1 aromatic carbocycles. The van der Waals surface area contributed by atoms with E-state index in [1.807, 2.05) is 6.92 Å². The Morgan fingerprint density at radius 3 is 2.63 bits per heavy atom. The van der Waals surface area contributed by atoms with Gasteiger partial charge in [-0.3, -0.25) is 9.36 Å². The summed E-state index contributed by atoms with van der Waals surface area (Å²) in [7, 11) is 3.29. The maximum absolute atomic E-state index is 13.4. The van der Waals surface area contributed by atoms with E-state index >= 15 is 0 Å². The molecule has 3 aromatic rings. The second-order valence-corrected chi connectivity index (χ2v) is 7.43. The molecule has 2 heterocycles. The SMILES string of the molecule is CCn1c(SCC(=O)Nc2ccc(N(C)C)cc2C(F)(F)F)nnc1-c1ccco1. The topological polar surface area (TPSA) is 76.2 Å². The molecule has 1 amide bonds. The minimum Gasteiger partial charge on any atom is -0.461 e. The van der Waals surface area contributed by atoms with E-state index in [0.717, 1.165) is 17.8 Å². The molecule has 0 unspecified atom stereocenters. The van der Waals surface area contributed by atoms with Gasteiger partial charge in [0, 0.05) is 26.3 Å². The number of furan rings is 1. The number of nitrogens with zero attached hydrogens (tertiary/aromatic N) is 4. The third kappa shape index (κ3) is 4.78. The number of carbonyl (C=O) groups is 1. The fourth-order valence-corrected chi connectivity index (χ4v) is 3.54. The average molecular weight is 439 g/mol. The molecule has 0 aliphatic rings. The number of anilines is 2. The molecule has 0 saturated heterocycles. The first-order chi connectivity index (χ1) is 14.2. The summed E-state index contributed by atoms with van der Waals surface area (Å²) in [5, 5.41) is 11.0. The Labute approximate surface area is 175 Å². The number of amides is 1. The third-order valence-corrected chi connectivity index (χ3v) is 5.17. The third-order valence-electron chi connectivity index (χ3n) is 4.21. The zero-order chi connectivity index (χ0) is 21.9. The lowest BCUT2D eigenvalue weighted by Gasteiger charge is -2.18. The molecule has 30 heavy (non-hydrogen) atoms. The normalized spacial score (nSPS) is 11.5. The van der Waals surface area contributed by atoms with Gasteiger partial charge in [0.05, 0.1) is 23.3 Å². The number of nitrogens with one attached hydrogen (secondary N) is 1. The van der Waals surface area contributed by atoms with Gasteiger partial charge in [0.1, 0.15) is 0 Å². The number of thioether (sulfide) groups is 1. The molecule has 0 spiro atoms. The van der Waals surface area contributed by atoms with Gasteiger partial charge in [-0.05, 0) is 37.3 Å². The van der Waals surface area contributed by atoms with E-state index in [9.17, 15) is 18.0 Å². The van der Waals surface area contributed by atoms with Crippen LogP contribution in [0.2, 0.25) is 0 Å². The highest BCUT2D eigenvalue weighted by Gasteiger charge is 2.34. The summed E-state index contributed by atoms with van der Waals surface area (Å²) in [5.74, 6) is 0.358. The molecule has 0 bridgehead atoms. The van der Waals surface area contributed by atoms with E-state index in [1.165, 1.54) is 18.4 Å². The van der Waals surface area contributed by atoms with Crippen molar-refractivity contribution in [1.82, 2.24) is 14.8 Å². The van der Waals surface area contributed by atoms with Gasteiger partial charge in [-0.15, -0.1) is 10.2 Å². The van der Waals surface area contributed by atoms with Crippen LogP contribution in [0.1, 0.15) is 12.5 Å². The first-order valence-electron chi connectivity index (χ1n) is 8.99. The molecule has 0 atom stereocenters. The lowest BCUT2D eigenvalue weighted by molar-refractivity contribution is -0.136. The van der Waals surface area contributed by atoms with Crippen molar-refractivity contribution in [2.24, 2.45) is 0 Å². The average Bonchev–Trinajstić information content (AvgIpc) is 3.34. The summed E-state index contributed by atoms with van der Waals surface area (Å²) in [5.41, 5.74) is -0.799. The number of hydrogen-bond acceptors (Lipinski definition) is 6. The van der Waals surface area contributed by atoms with Gasteiger partial charge in [-0.2, -0.15) is 13.2 Å². The summed E-state index contributed by atoms with van der Waals surface area (Å²) in [6.07, 6.45) is -3.08. The Morgan fingerprint density at radius 1 is 1.27 bits per heavy atom. The zero-order valence-electron chi connectivity index (χ0n) is 16.5. The first-order valence-corrected chi connectivity index (χ1v) is 9.97. The van der Waals surface area contributed by atoms with E-state index in [-0.39, 0.29) is 11.4 Å². The summed E-state index contributed by atoms with van der Waals surface area (Å²) < 4.78 is 47.4. The largest absolute Gasteiger partial charge is 0.461 e. The first kappa shape index (κ1) is 21.8. The van der Waals surface area contributed by atoms with E-state index < -0.39 is 17.6 Å². The molecule has 160 valence electrons. The predicted octanol–water partition coefficient (Wildman–Crippen LogP) is 4.37. The van der Waals surface area contributed by atoms with E-state index in [4.69, 9.17) is 4.42 Å². The van der Waals surface area contributed by atoms with Crippen molar-refractivity contribution in [2.75, 3.05) is 30.1 Å². The number of halogens is 3. The van der Waals surface area contributed by atoms with Gasteiger partial charge in [0.25, 0.3) is 0 Å². The van der Waals surface area contributed by atoms with Crippen molar-refractivity contribution >= 4 is 29.0 Å². The monoisotopic (exact) mass is 439 g/mol. The number of rotatable bonds is 7. The van der Waals surface area contributed by atoms with Gasteiger partial charge in [0.15, 0.2) is 16.7 Å². The highest BCUT2D eigenvalue weighted by molar-refractivity contribution is 7.99. The Balaban J connectivity index is 1.73. The van der Waals surface area contributed by atoms with Crippen LogP contribution >= 0.6 is 11.8 Å². The van der Waals surface area contributed by atoms with Crippen LogP contribution in [0.15, 0.2) is 46.2 Å². The van der Waals surface area contributed by atoms with Crippen LogP contribution in [0.4, 0.5) is 24.5 Å². The number of benzene rings is 1. The van der Waals surface area contributed by atoms with Crippen LogP contribution in [-0.4, -0.2) is 40.5 Å². The summed E-state index contributed by atoms with van der Waals surface area (Å²) in [6, 6.07) is 7.25. The lowest BCUT2D eigenvalue weighted by atomic mass is 10.1. The fourth-order valence-electron chi connectivity index (χ4n) is 2.74.